The molecule has 1 aromatic carbocycles. The molecular weight excluding hydrogens is 882 g/mol. The van der Waals surface area contributed by atoms with E-state index >= 15 is 0 Å². The van der Waals surface area contributed by atoms with Crippen LogP contribution in [0.15, 0.2) is 42.0 Å². The van der Waals surface area contributed by atoms with Crippen molar-refractivity contribution in [3.05, 3.63) is 52.9 Å². The third-order valence-corrected chi connectivity index (χ3v) is 11.1. The molecule has 2 aromatic heterocycles. The van der Waals surface area contributed by atoms with Crippen molar-refractivity contribution in [2.75, 3.05) is 25.5 Å². The molecule has 1 aliphatic carbocycles. The van der Waals surface area contributed by atoms with E-state index in [9.17, 15) is 33.5 Å². The first kappa shape index (κ1) is 47.5. The van der Waals surface area contributed by atoms with Gasteiger partial charge in [-0.15, -0.1) is 0 Å². The van der Waals surface area contributed by atoms with E-state index in [1.807, 2.05) is 0 Å². The lowest BCUT2D eigenvalue weighted by molar-refractivity contribution is -0.159. The topological polar surface area (TPSA) is 383 Å². The van der Waals surface area contributed by atoms with Gasteiger partial charge in [0.25, 0.3) is 0 Å². The van der Waals surface area contributed by atoms with Gasteiger partial charge in [-0.2, -0.15) is 0 Å². The van der Waals surface area contributed by atoms with Gasteiger partial charge in [0.15, 0.2) is 23.8 Å². The monoisotopic (exact) mass is 928 g/mol. The fourth-order valence-electron chi connectivity index (χ4n) is 6.68. The van der Waals surface area contributed by atoms with Crippen molar-refractivity contribution in [3.63, 3.8) is 0 Å². The third kappa shape index (κ3) is 13.0. The summed E-state index contributed by atoms with van der Waals surface area (Å²) in [5.74, 6) is -1.49. The Balaban J connectivity index is 1.14. The Morgan fingerprint density at radius 2 is 1.76 bits per heavy atom. The number of hydrogen-bond acceptors (Lipinski definition) is 19. The summed E-state index contributed by atoms with van der Waals surface area (Å²) in [5, 5.41) is 20.1. The largest absolute Gasteiger partial charge is 0.472 e. The number of hydrogen-bond donors (Lipinski definition) is 7. The number of benzene rings is 1. The van der Waals surface area contributed by atoms with Crippen LogP contribution in [0.25, 0.3) is 21.6 Å². The second-order valence-electron chi connectivity index (χ2n) is 15.5. The number of aliphatic hydroxyl groups excluding tert-OH is 1. The standard InChI is InChI=1S/C34H46N10O17P2/c1-34(2,3)60-33(48)41-20(5-4-10-37-32(47)54-12-17-6-8-18(9-7-17)42-43-36)31(46)59-27-23(58-30(25(27)45)44-16-40-24-28(35)38-15-39-29(24)44)14-56-63(52,53)61-26-19-11-21(19)57-22(26)13-55-62(49,50)51/h6-9,15-16,19-23,25-27,30,45H,4-5,10-14H2,1-3H3,(H,37,47)(H,41,48)(H,52,53)(H2,35,38,39)(H2,49,50,51)/t19?,20-,21-,22+,23+,25+,26-,27?,30+/m0/s1. The normalized spacial score (nSPS) is 25.6. The number of phosphoric acid groups is 2. The number of nitrogens with one attached hydrogen (secondary N) is 2. The molecule has 3 fully saturated rings. The number of ether oxygens (including phenoxy) is 5. The van der Waals surface area contributed by atoms with Crippen LogP contribution >= 0.6 is 15.6 Å². The Bertz CT molecular complexity index is 2270. The fraction of sp³-hybridized carbons (Fsp3) is 0.588. The first-order valence-electron chi connectivity index (χ1n) is 19.2. The van der Waals surface area contributed by atoms with E-state index in [1.165, 1.54) is 10.9 Å². The predicted molar refractivity (Wildman–Crippen MR) is 211 cm³/mol. The number of nitrogens with two attached hydrogens (primary N) is 1. The first-order valence-corrected chi connectivity index (χ1v) is 22.3. The fourth-order valence-corrected chi connectivity index (χ4v) is 8.02. The molecule has 0 bridgehead atoms. The number of nitrogens with zero attached hydrogens (tertiary/aromatic N) is 7. The van der Waals surface area contributed by atoms with Gasteiger partial charge in [-0.3, -0.25) is 18.1 Å². The minimum atomic E-state index is -5.05. The average Bonchev–Trinajstić information content (AvgIpc) is 3.54. The molecule has 2 saturated heterocycles. The molecule has 3 aliphatic rings. The van der Waals surface area contributed by atoms with Crippen molar-refractivity contribution >= 4 is 56.5 Å². The van der Waals surface area contributed by atoms with Gasteiger partial charge >= 0.3 is 33.8 Å². The van der Waals surface area contributed by atoms with E-state index in [-0.39, 0.29) is 43.0 Å². The Morgan fingerprint density at radius 1 is 1.05 bits per heavy atom. The van der Waals surface area contributed by atoms with Crippen molar-refractivity contribution in [1.29, 1.82) is 0 Å². The number of alkyl carbamates (subject to hydrolysis) is 2. The number of esters is 1. The van der Waals surface area contributed by atoms with Crippen LogP contribution in [0.4, 0.5) is 21.1 Å². The van der Waals surface area contributed by atoms with Gasteiger partial charge in [0.1, 0.15) is 54.5 Å². The average molecular weight is 929 g/mol. The molecule has 8 N–H and O–H groups in total. The molecule has 0 radical (unpaired) electrons. The number of carbonyl (C=O) groups excluding carboxylic acids is 3. The Kier molecular flexibility index (Phi) is 14.9. The Labute approximate surface area is 357 Å². The highest BCUT2D eigenvalue weighted by molar-refractivity contribution is 7.47. The number of fused-ring (bicyclic) bond motifs is 2. The zero-order chi connectivity index (χ0) is 45.7. The van der Waals surface area contributed by atoms with Crippen molar-refractivity contribution in [2.45, 2.75) is 101 Å². The van der Waals surface area contributed by atoms with E-state index in [1.54, 1.807) is 45.0 Å². The van der Waals surface area contributed by atoms with E-state index < -0.39 is 107 Å². The van der Waals surface area contributed by atoms with Crippen LogP contribution in [-0.4, -0.2) is 125 Å². The lowest BCUT2D eigenvalue weighted by atomic mass is 10.1. The number of nitrogen functional groups attached to an aromatic ring is 1. The van der Waals surface area contributed by atoms with Crippen molar-refractivity contribution < 1.29 is 80.6 Å². The van der Waals surface area contributed by atoms with Gasteiger partial charge in [-0.05, 0) is 51.1 Å². The second kappa shape index (κ2) is 19.8. The number of aromatic nitrogens is 4. The van der Waals surface area contributed by atoms with Gasteiger partial charge in [-0.1, -0.05) is 29.4 Å². The van der Waals surface area contributed by atoms with Gasteiger partial charge in [0.2, 0.25) is 0 Å². The maximum absolute atomic E-state index is 13.9. The minimum absolute atomic E-state index is 0.00255. The summed E-state index contributed by atoms with van der Waals surface area (Å²) in [6, 6.07) is 4.87. The van der Waals surface area contributed by atoms with Crippen LogP contribution in [0.3, 0.4) is 0 Å². The number of anilines is 1. The summed E-state index contributed by atoms with van der Waals surface area (Å²) < 4.78 is 69.1. The van der Waals surface area contributed by atoms with E-state index in [2.05, 4.69) is 40.1 Å². The minimum Gasteiger partial charge on any atom is -0.455 e. The number of amides is 2. The zero-order valence-corrected chi connectivity index (χ0v) is 35.6. The summed E-state index contributed by atoms with van der Waals surface area (Å²) in [6.45, 7) is 3.16. The molecular formula is C34H46N10O17P2. The zero-order valence-electron chi connectivity index (χ0n) is 33.8. The maximum atomic E-state index is 13.9. The van der Waals surface area contributed by atoms with Crippen LogP contribution in [0.5, 0.6) is 0 Å². The van der Waals surface area contributed by atoms with Gasteiger partial charge in [-0.25, -0.2) is 38.5 Å². The number of phosphoric ester groups is 2. The molecule has 3 unspecified atom stereocenters. The van der Waals surface area contributed by atoms with Gasteiger partial charge < -0.3 is 59.8 Å². The van der Waals surface area contributed by atoms with Crippen LogP contribution in [-0.2, 0) is 57.8 Å². The van der Waals surface area contributed by atoms with Gasteiger partial charge in [0, 0.05) is 23.1 Å². The van der Waals surface area contributed by atoms with Gasteiger partial charge in [0.05, 0.1) is 25.6 Å². The summed E-state index contributed by atoms with van der Waals surface area (Å²) >= 11 is 0. The highest BCUT2D eigenvalue weighted by Crippen LogP contribution is 2.55. The van der Waals surface area contributed by atoms with Crippen molar-refractivity contribution in [2.24, 2.45) is 11.0 Å². The quantitative estimate of drug-likeness (QED) is 0.0173. The number of azide groups is 1. The molecule has 10 atom stereocenters. The molecule has 29 heteroatoms. The molecule has 344 valence electrons. The molecule has 27 nitrogen and oxygen atoms in total. The van der Waals surface area contributed by atoms with Crippen molar-refractivity contribution in [1.82, 2.24) is 30.2 Å². The van der Waals surface area contributed by atoms with Crippen LogP contribution in [0.1, 0.15) is 51.8 Å². The van der Waals surface area contributed by atoms with Crippen molar-refractivity contribution in [3.8, 4) is 0 Å². The summed E-state index contributed by atoms with van der Waals surface area (Å²) in [6.07, 6.45) is -8.06. The Hall–Kier alpha value is -5.01. The summed E-state index contributed by atoms with van der Waals surface area (Å²) in [4.78, 5) is 83.2. The van der Waals surface area contributed by atoms with Crippen LogP contribution < -0.4 is 16.4 Å². The number of imidazole rings is 1. The highest BCUT2D eigenvalue weighted by Gasteiger charge is 2.58. The molecule has 2 amide bonds. The molecule has 3 aromatic rings. The van der Waals surface area contributed by atoms with Crippen LogP contribution in [0, 0.1) is 5.92 Å². The second-order valence-corrected chi connectivity index (χ2v) is 18.1. The molecule has 2 aliphatic heterocycles. The number of carbonyl (C=O) groups is 3. The first-order chi connectivity index (χ1) is 29.7. The molecule has 63 heavy (non-hydrogen) atoms. The number of aliphatic hydroxyl groups is 1. The molecule has 6 rings (SSSR count). The third-order valence-electron chi connectivity index (χ3n) is 9.58. The lowest BCUT2D eigenvalue weighted by Gasteiger charge is -2.27. The molecule has 4 heterocycles. The molecule has 1 saturated carbocycles. The highest BCUT2D eigenvalue weighted by atomic mass is 31.2. The molecule has 0 spiro atoms. The Morgan fingerprint density at radius 3 is 2.46 bits per heavy atom. The van der Waals surface area contributed by atoms with Crippen LogP contribution in [0.2, 0.25) is 0 Å². The maximum Gasteiger partial charge on any atom is 0.472 e. The predicted octanol–water partition coefficient (Wildman–Crippen LogP) is 2.52. The van der Waals surface area contributed by atoms with E-state index in [4.69, 9.17) is 53.8 Å². The van der Waals surface area contributed by atoms with E-state index in [0.717, 1.165) is 6.33 Å². The smallest absolute Gasteiger partial charge is 0.455 e. The number of rotatable bonds is 19. The SMILES string of the molecule is CC(C)(C)OC(=O)N[C@@H](CCCNC(=O)OCc1ccc(N=[N+]=[N-])cc1)C(=O)OC1[C@@H](O)[C@H](n2cnc3c(N)ncnc32)O[C@@H]1COP(=O)(O)O[C@H]1C2C[C@@H]2O[C@@H]1COP(=O)(O)O. The summed E-state index contributed by atoms with van der Waals surface area (Å²) in [5.41, 5.74) is 14.8. The summed E-state index contributed by atoms with van der Waals surface area (Å²) in [7, 11) is -9.96. The van der Waals surface area contributed by atoms with E-state index in [0.29, 0.717) is 17.7 Å². The lowest BCUT2D eigenvalue weighted by Crippen LogP contribution is -2.48.